The van der Waals surface area contributed by atoms with E-state index in [0.717, 1.165) is 5.69 Å². The number of anilines is 2. The highest BCUT2D eigenvalue weighted by atomic mass is 16.5. The number of nitrogens with one attached hydrogen (secondary N) is 1. The molecular formula is C16H20N4O2. The minimum Gasteiger partial charge on any atom is -0.399 e. The number of hydrogen-bond acceptors (Lipinski definition) is 5. The molecule has 0 saturated carbocycles. The van der Waals surface area contributed by atoms with E-state index in [4.69, 9.17) is 10.5 Å². The summed E-state index contributed by atoms with van der Waals surface area (Å²) < 4.78 is 5.60. The second-order valence-electron chi connectivity index (χ2n) is 5.40. The van der Waals surface area contributed by atoms with Crippen molar-refractivity contribution in [3.8, 4) is 6.07 Å². The van der Waals surface area contributed by atoms with E-state index < -0.39 is 0 Å². The van der Waals surface area contributed by atoms with Crippen LogP contribution >= 0.6 is 0 Å². The molecule has 0 spiro atoms. The number of nitriles is 1. The molecule has 1 fully saturated rings. The Hall–Kier alpha value is -2.52. The van der Waals surface area contributed by atoms with Gasteiger partial charge in [-0.05, 0) is 38.1 Å². The van der Waals surface area contributed by atoms with Gasteiger partial charge in [0.05, 0.1) is 12.2 Å². The van der Waals surface area contributed by atoms with Gasteiger partial charge in [0.2, 0.25) is 0 Å². The van der Waals surface area contributed by atoms with Crippen LogP contribution in [0.4, 0.5) is 11.4 Å². The fourth-order valence-corrected chi connectivity index (χ4v) is 2.39. The minimum atomic E-state index is -0.285. The summed E-state index contributed by atoms with van der Waals surface area (Å²) in [5.74, 6) is -0.285. The maximum Gasteiger partial charge on any atom is 0.266 e. The Bertz CT molecular complexity index is 594. The SMILES string of the molecule is CC1CN(C(=O)/C(C#N)=C\Nc2ccc(N)cc2)CC(C)O1. The van der Waals surface area contributed by atoms with Gasteiger partial charge in [0.15, 0.2) is 0 Å². The van der Waals surface area contributed by atoms with E-state index in [1.807, 2.05) is 19.9 Å². The Labute approximate surface area is 130 Å². The van der Waals surface area contributed by atoms with Crippen molar-refractivity contribution in [2.45, 2.75) is 26.1 Å². The average molecular weight is 300 g/mol. The zero-order valence-corrected chi connectivity index (χ0v) is 12.7. The van der Waals surface area contributed by atoms with Crippen LogP contribution in [0.25, 0.3) is 0 Å². The molecule has 1 aromatic carbocycles. The predicted molar refractivity (Wildman–Crippen MR) is 84.8 cm³/mol. The molecule has 1 heterocycles. The largest absolute Gasteiger partial charge is 0.399 e. The van der Waals surface area contributed by atoms with Gasteiger partial charge in [-0.3, -0.25) is 4.79 Å². The van der Waals surface area contributed by atoms with Crippen LogP contribution in [0.2, 0.25) is 0 Å². The third-order valence-corrected chi connectivity index (χ3v) is 3.35. The summed E-state index contributed by atoms with van der Waals surface area (Å²) in [4.78, 5) is 14.1. The molecule has 6 heteroatoms. The van der Waals surface area contributed by atoms with Crippen molar-refractivity contribution in [1.82, 2.24) is 4.90 Å². The Kier molecular flexibility index (Phi) is 5.02. The predicted octanol–water partition coefficient (Wildman–Crippen LogP) is 1.72. The molecule has 1 amide bonds. The van der Waals surface area contributed by atoms with Crippen molar-refractivity contribution in [3.05, 3.63) is 36.0 Å². The summed E-state index contributed by atoms with van der Waals surface area (Å²) in [6, 6.07) is 9.01. The molecule has 6 nitrogen and oxygen atoms in total. The molecule has 0 aliphatic carbocycles. The van der Waals surface area contributed by atoms with Crippen LogP contribution in [0.1, 0.15) is 13.8 Å². The van der Waals surface area contributed by atoms with Gasteiger partial charge in [-0.1, -0.05) is 0 Å². The molecule has 2 atom stereocenters. The van der Waals surface area contributed by atoms with Gasteiger partial charge < -0.3 is 20.7 Å². The first-order chi connectivity index (χ1) is 10.5. The normalized spacial score (nSPS) is 22.0. The number of morpholine rings is 1. The molecule has 2 rings (SSSR count). The number of hydrogen-bond donors (Lipinski definition) is 2. The molecule has 0 radical (unpaired) electrons. The monoisotopic (exact) mass is 300 g/mol. The van der Waals surface area contributed by atoms with E-state index in [-0.39, 0.29) is 23.7 Å². The summed E-state index contributed by atoms with van der Waals surface area (Å²) >= 11 is 0. The smallest absolute Gasteiger partial charge is 0.266 e. The van der Waals surface area contributed by atoms with Crippen molar-refractivity contribution >= 4 is 17.3 Å². The van der Waals surface area contributed by atoms with E-state index >= 15 is 0 Å². The molecule has 2 unspecified atom stereocenters. The number of benzene rings is 1. The van der Waals surface area contributed by atoms with Crippen LogP contribution in [-0.2, 0) is 9.53 Å². The summed E-state index contributed by atoms with van der Waals surface area (Å²) in [6.07, 6.45) is 1.37. The number of nitrogen functional groups attached to an aromatic ring is 1. The number of amides is 1. The second-order valence-corrected chi connectivity index (χ2v) is 5.40. The number of carbonyl (C=O) groups excluding carboxylic acids is 1. The molecule has 1 aliphatic heterocycles. The van der Waals surface area contributed by atoms with Crippen LogP contribution in [-0.4, -0.2) is 36.1 Å². The molecule has 1 aliphatic rings. The summed E-state index contributed by atoms with van der Waals surface area (Å²) in [7, 11) is 0. The van der Waals surface area contributed by atoms with E-state index in [9.17, 15) is 10.1 Å². The van der Waals surface area contributed by atoms with Gasteiger partial charge in [0.25, 0.3) is 5.91 Å². The Morgan fingerprint density at radius 3 is 2.50 bits per heavy atom. The van der Waals surface area contributed by atoms with Crippen molar-refractivity contribution in [2.24, 2.45) is 0 Å². The molecule has 0 bridgehead atoms. The standard InChI is InChI=1S/C16H20N4O2/c1-11-9-20(10-12(2)22-11)16(21)13(7-17)8-19-15-5-3-14(18)4-6-15/h3-6,8,11-12,19H,9-10,18H2,1-2H3/b13-8-. The lowest BCUT2D eigenvalue weighted by Gasteiger charge is -2.35. The first-order valence-electron chi connectivity index (χ1n) is 7.16. The van der Waals surface area contributed by atoms with Crippen LogP contribution < -0.4 is 11.1 Å². The maximum atomic E-state index is 12.4. The van der Waals surface area contributed by atoms with Gasteiger partial charge in [-0.2, -0.15) is 5.26 Å². The third-order valence-electron chi connectivity index (χ3n) is 3.35. The third kappa shape index (κ3) is 3.99. The fraction of sp³-hybridized carbons (Fsp3) is 0.375. The first-order valence-corrected chi connectivity index (χ1v) is 7.16. The highest BCUT2D eigenvalue weighted by Gasteiger charge is 2.27. The molecule has 1 aromatic rings. The number of carbonyl (C=O) groups is 1. The Morgan fingerprint density at radius 2 is 1.95 bits per heavy atom. The zero-order chi connectivity index (χ0) is 16.1. The molecule has 0 aromatic heterocycles. The summed E-state index contributed by atoms with van der Waals surface area (Å²) in [6.45, 7) is 4.81. The number of rotatable bonds is 3. The van der Waals surface area contributed by atoms with Crippen LogP contribution in [0.3, 0.4) is 0 Å². The maximum absolute atomic E-state index is 12.4. The van der Waals surface area contributed by atoms with Crippen LogP contribution in [0.5, 0.6) is 0 Å². The quantitative estimate of drug-likeness (QED) is 0.504. The van der Waals surface area contributed by atoms with E-state index in [2.05, 4.69) is 5.32 Å². The lowest BCUT2D eigenvalue weighted by molar-refractivity contribution is -0.138. The van der Waals surface area contributed by atoms with Gasteiger partial charge in [-0.25, -0.2) is 0 Å². The molecule has 1 saturated heterocycles. The van der Waals surface area contributed by atoms with E-state index in [1.54, 1.807) is 29.2 Å². The lowest BCUT2D eigenvalue weighted by Crippen LogP contribution is -2.48. The molecule has 22 heavy (non-hydrogen) atoms. The van der Waals surface area contributed by atoms with Crippen molar-refractivity contribution < 1.29 is 9.53 Å². The molecular weight excluding hydrogens is 280 g/mol. The highest BCUT2D eigenvalue weighted by Crippen LogP contribution is 2.15. The first kappa shape index (κ1) is 15.9. The topological polar surface area (TPSA) is 91.4 Å². The van der Waals surface area contributed by atoms with Gasteiger partial charge in [-0.15, -0.1) is 0 Å². The Balaban J connectivity index is 2.06. The van der Waals surface area contributed by atoms with Gasteiger partial charge in [0, 0.05) is 30.7 Å². The fourth-order valence-electron chi connectivity index (χ4n) is 2.39. The number of nitrogens with zero attached hydrogens (tertiary/aromatic N) is 2. The van der Waals surface area contributed by atoms with Crippen LogP contribution in [0.15, 0.2) is 36.0 Å². The number of ether oxygens (including phenoxy) is 1. The minimum absolute atomic E-state index is 0.0299. The van der Waals surface area contributed by atoms with Crippen molar-refractivity contribution in [1.29, 1.82) is 5.26 Å². The van der Waals surface area contributed by atoms with Gasteiger partial charge >= 0.3 is 0 Å². The second kappa shape index (κ2) is 6.96. The van der Waals surface area contributed by atoms with Crippen molar-refractivity contribution in [3.63, 3.8) is 0 Å². The average Bonchev–Trinajstić information content (AvgIpc) is 2.48. The lowest BCUT2D eigenvalue weighted by atomic mass is 10.2. The van der Waals surface area contributed by atoms with Crippen molar-refractivity contribution in [2.75, 3.05) is 24.1 Å². The summed E-state index contributed by atoms with van der Waals surface area (Å²) in [5, 5.41) is 12.2. The summed E-state index contributed by atoms with van der Waals surface area (Å²) in [5.41, 5.74) is 7.10. The van der Waals surface area contributed by atoms with E-state index in [1.165, 1.54) is 6.20 Å². The van der Waals surface area contributed by atoms with E-state index in [0.29, 0.717) is 18.8 Å². The Morgan fingerprint density at radius 1 is 1.36 bits per heavy atom. The number of nitrogens with two attached hydrogens (primary N) is 1. The highest BCUT2D eigenvalue weighted by molar-refractivity contribution is 5.97. The molecule has 116 valence electrons. The zero-order valence-electron chi connectivity index (χ0n) is 12.7. The van der Waals surface area contributed by atoms with Gasteiger partial charge in [0.1, 0.15) is 11.6 Å². The van der Waals surface area contributed by atoms with Crippen LogP contribution in [0, 0.1) is 11.3 Å². The molecule has 3 N–H and O–H groups in total.